The molecule has 0 atom stereocenters. The molecule has 7 nitrogen and oxygen atoms in total. The molecule has 0 aliphatic heterocycles. The quantitative estimate of drug-likeness (QED) is 0.573. The number of esters is 1. The summed E-state index contributed by atoms with van der Waals surface area (Å²) < 4.78 is 10.5. The smallest absolute Gasteiger partial charge is 0.340 e. The van der Waals surface area contributed by atoms with E-state index in [4.69, 9.17) is 9.47 Å². The summed E-state index contributed by atoms with van der Waals surface area (Å²) in [6.07, 6.45) is 1.65. The van der Waals surface area contributed by atoms with Crippen LogP contribution in [0, 0.1) is 0 Å². The number of hydrogen-bond acceptors (Lipinski definition) is 7. The van der Waals surface area contributed by atoms with Crippen LogP contribution in [0.5, 0.6) is 5.75 Å². The molecule has 0 bridgehead atoms. The Balaban J connectivity index is 1.73. The molecule has 2 N–H and O–H groups in total. The molecule has 1 aromatic heterocycles. The Labute approximate surface area is 163 Å². The Morgan fingerprint density at radius 2 is 1.86 bits per heavy atom. The number of carbonyl (C=O) groups excluding carboxylic acids is 1. The predicted molar refractivity (Wildman–Crippen MR) is 108 cm³/mol. The molecule has 144 valence electrons. The first-order valence-electron chi connectivity index (χ1n) is 8.93. The maximum Gasteiger partial charge on any atom is 0.340 e. The molecule has 0 aliphatic rings. The van der Waals surface area contributed by atoms with Gasteiger partial charge in [0.25, 0.3) is 0 Å². The number of nitrogens with one attached hydrogen (secondary N) is 2. The number of ether oxygens (including phenoxy) is 2. The largest absolute Gasteiger partial charge is 0.496 e. The fourth-order valence-electron chi connectivity index (χ4n) is 2.65. The summed E-state index contributed by atoms with van der Waals surface area (Å²) in [6.45, 7) is 2.64. The van der Waals surface area contributed by atoms with Crippen molar-refractivity contribution in [3.63, 3.8) is 0 Å². The van der Waals surface area contributed by atoms with Gasteiger partial charge in [0.15, 0.2) is 0 Å². The summed E-state index contributed by atoms with van der Waals surface area (Å²) in [5.74, 6) is 1.45. The molecule has 0 aliphatic carbocycles. The van der Waals surface area contributed by atoms with Gasteiger partial charge in [0.05, 0.1) is 25.0 Å². The molecule has 3 aromatic rings. The van der Waals surface area contributed by atoms with Gasteiger partial charge >= 0.3 is 5.97 Å². The molecule has 0 amide bonds. The van der Waals surface area contributed by atoms with Crippen molar-refractivity contribution in [1.82, 2.24) is 9.97 Å². The van der Waals surface area contributed by atoms with Crippen LogP contribution in [0.1, 0.15) is 22.8 Å². The van der Waals surface area contributed by atoms with Crippen LogP contribution in [0.25, 0.3) is 0 Å². The van der Waals surface area contributed by atoms with Gasteiger partial charge in [-0.3, -0.25) is 0 Å². The van der Waals surface area contributed by atoms with Gasteiger partial charge < -0.3 is 20.1 Å². The number of benzene rings is 2. The maximum atomic E-state index is 12.1. The predicted octanol–water partition coefficient (Wildman–Crippen LogP) is 4.02. The molecule has 0 saturated carbocycles. The molecule has 3 rings (SSSR count). The van der Waals surface area contributed by atoms with E-state index in [1.165, 1.54) is 0 Å². The molecule has 0 saturated heterocycles. The lowest BCUT2D eigenvalue weighted by Crippen LogP contribution is -2.09. The number of methoxy groups -OCH3 is 1. The normalized spacial score (nSPS) is 10.2. The van der Waals surface area contributed by atoms with Crippen LogP contribution >= 0.6 is 0 Å². The minimum atomic E-state index is -0.393. The van der Waals surface area contributed by atoms with Gasteiger partial charge in [0, 0.05) is 18.3 Å². The number of para-hydroxylation sites is 2. The summed E-state index contributed by atoms with van der Waals surface area (Å²) in [5, 5.41) is 6.34. The van der Waals surface area contributed by atoms with Crippen molar-refractivity contribution in [1.29, 1.82) is 0 Å². The van der Waals surface area contributed by atoms with Crippen LogP contribution in [-0.2, 0) is 11.3 Å². The third-order valence-electron chi connectivity index (χ3n) is 3.98. The lowest BCUT2D eigenvalue weighted by molar-refractivity contribution is 0.0527. The van der Waals surface area contributed by atoms with E-state index in [1.54, 1.807) is 44.5 Å². The first kappa shape index (κ1) is 19.2. The average molecular weight is 378 g/mol. The van der Waals surface area contributed by atoms with Crippen molar-refractivity contribution in [2.45, 2.75) is 13.5 Å². The first-order chi connectivity index (χ1) is 13.7. The van der Waals surface area contributed by atoms with Crippen molar-refractivity contribution >= 4 is 23.4 Å². The van der Waals surface area contributed by atoms with Gasteiger partial charge in [-0.2, -0.15) is 4.98 Å². The first-order valence-corrected chi connectivity index (χ1v) is 8.93. The highest BCUT2D eigenvalue weighted by Crippen LogP contribution is 2.21. The zero-order chi connectivity index (χ0) is 19.8. The number of nitrogens with zero attached hydrogens (tertiary/aromatic N) is 2. The summed E-state index contributed by atoms with van der Waals surface area (Å²) >= 11 is 0. The second-order valence-electron chi connectivity index (χ2n) is 5.82. The SMILES string of the molecule is CCOC(=O)c1ccccc1Nc1nccc(NCc2ccccc2OC)n1. The molecule has 0 unspecified atom stereocenters. The average Bonchev–Trinajstić information content (AvgIpc) is 2.73. The van der Waals surface area contributed by atoms with E-state index in [-0.39, 0.29) is 0 Å². The van der Waals surface area contributed by atoms with Gasteiger partial charge in [-0.1, -0.05) is 30.3 Å². The highest BCUT2D eigenvalue weighted by atomic mass is 16.5. The van der Waals surface area contributed by atoms with E-state index in [9.17, 15) is 4.79 Å². The van der Waals surface area contributed by atoms with Crippen molar-refractivity contribution in [2.75, 3.05) is 24.4 Å². The highest BCUT2D eigenvalue weighted by molar-refractivity contribution is 5.96. The van der Waals surface area contributed by atoms with Crippen molar-refractivity contribution in [2.24, 2.45) is 0 Å². The minimum Gasteiger partial charge on any atom is -0.496 e. The summed E-state index contributed by atoms with van der Waals surface area (Å²) in [5.41, 5.74) is 2.04. The Bertz CT molecular complexity index is 946. The van der Waals surface area contributed by atoms with E-state index in [0.29, 0.717) is 36.2 Å². The Morgan fingerprint density at radius 3 is 2.68 bits per heavy atom. The van der Waals surface area contributed by atoms with Crippen molar-refractivity contribution in [3.8, 4) is 5.75 Å². The van der Waals surface area contributed by atoms with Gasteiger partial charge in [0.1, 0.15) is 11.6 Å². The van der Waals surface area contributed by atoms with E-state index in [0.717, 1.165) is 11.3 Å². The summed E-state index contributed by atoms with van der Waals surface area (Å²) in [7, 11) is 1.65. The molecule has 0 radical (unpaired) electrons. The van der Waals surface area contributed by atoms with Gasteiger partial charge in [-0.25, -0.2) is 9.78 Å². The van der Waals surface area contributed by atoms with E-state index < -0.39 is 5.97 Å². The van der Waals surface area contributed by atoms with Crippen LogP contribution in [0.2, 0.25) is 0 Å². The molecular formula is C21H22N4O3. The summed E-state index contributed by atoms with van der Waals surface area (Å²) in [4.78, 5) is 20.8. The Kier molecular flexibility index (Phi) is 6.41. The van der Waals surface area contributed by atoms with E-state index in [2.05, 4.69) is 20.6 Å². The maximum absolute atomic E-state index is 12.1. The Morgan fingerprint density at radius 1 is 1.07 bits per heavy atom. The van der Waals surface area contributed by atoms with E-state index in [1.807, 2.05) is 30.3 Å². The molecule has 7 heteroatoms. The molecule has 28 heavy (non-hydrogen) atoms. The van der Waals surface area contributed by atoms with Crippen LogP contribution in [-0.4, -0.2) is 29.7 Å². The number of anilines is 3. The Hall–Kier alpha value is -3.61. The molecule has 2 aromatic carbocycles. The standard InChI is InChI=1S/C21H22N4O3/c1-3-28-20(26)16-9-5-6-10-17(16)24-21-22-13-12-19(25-21)23-14-15-8-4-7-11-18(15)27-2/h4-13H,3,14H2,1-2H3,(H2,22,23,24,25). The topological polar surface area (TPSA) is 85.4 Å². The minimum absolute atomic E-state index is 0.312. The molecule has 0 fully saturated rings. The van der Waals surface area contributed by atoms with Gasteiger partial charge in [0.2, 0.25) is 5.95 Å². The fourth-order valence-corrected chi connectivity index (χ4v) is 2.65. The van der Waals surface area contributed by atoms with Gasteiger partial charge in [-0.15, -0.1) is 0 Å². The van der Waals surface area contributed by atoms with Crippen LogP contribution in [0.4, 0.5) is 17.5 Å². The highest BCUT2D eigenvalue weighted by Gasteiger charge is 2.13. The van der Waals surface area contributed by atoms with Crippen LogP contribution in [0.3, 0.4) is 0 Å². The van der Waals surface area contributed by atoms with Crippen LogP contribution in [0.15, 0.2) is 60.8 Å². The van der Waals surface area contributed by atoms with Crippen LogP contribution < -0.4 is 15.4 Å². The lowest BCUT2D eigenvalue weighted by Gasteiger charge is -2.12. The number of aromatic nitrogens is 2. The summed E-state index contributed by atoms with van der Waals surface area (Å²) in [6, 6.07) is 16.7. The number of rotatable bonds is 8. The zero-order valence-electron chi connectivity index (χ0n) is 15.8. The third kappa shape index (κ3) is 4.76. The number of hydrogen-bond donors (Lipinski definition) is 2. The monoisotopic (exact) mass is 378 g/mol. The van der Waals surface area contributed by atoms with Crippen molar-refractivity contribution < 1.29 is 14.3 Å². The molecular weight excluding hydrogens is 356 g/mol. The fraction of sp³-hybridized carbons (Fsp3) is 0.190. The zero-order valence-corrected chi connectivity index (χ0v) is 15.8. The van der Waals surface area contributed by atoms with Gasteiger partial charge in [-0.05, 0) is 31.2 Å². The van der Waals surface area contributed by atoms with E-state index >= 15 is 0 Å². The third-order valence-corrected chi connectivity index (χ3v) is 3.98. The lowest BCUT2D eigenvalue weighted by atomic mass is 10.2. The number of carbonyl (C=O) groups is 1. The molecule has 1 heterocycles. The molecule has 0 spiro atoms. The van der Waals surface area contributed by atoms with Crippen molar-refractivity contribution in [3.05, 3.63) is 71.9 Å². The second kappa shape index (κ2) is 9.36. The second-order valence-corrected chi connectivity index (χ2v) is 5.82.